The van der Waals surface area contributed by atoms with Gasteiger partial charge in [0.1, 0.15) is 0 Å². The minimum atomic E-state index is 0. The highest BCUT2D eigenvalue weighted by Gasteiger charge is 2.07. The first kappa shape index (κ1) is 21.9. The first-order chi connectivity index (χ1) is 11.6. The molecule has 2 aromatic rings. The van der Waals surface area contributed by atoms with Gasteiger partial charge in [-0.15, -0.1) is 35.3 Å². The molecule has 2 rings (SSSR count). The van der Waals surface area contributed by atoms with Crippen molar-refractivity contribution in [2.45, 2.75) is 39.5 Å². The third-order valence-electron chi connectivity index (χ3n) is 3.94. The molecule has 4 nitrogen and oxygen atoms in total. The lowest BCUT2D eigenvalue weighted by atomic mass is 9.99. The second-order valence-corrected chi connectivity index (χ2v) is 7.12. The summed E-state index contributed by atoms with van der Waals surface area (Å²) < 4.78 is 0. The van der Waals surface area contributed by atoms with Crippen LogP contribution < -0.4 is 10.6 Å². The van der Waals surface area contributed by atoms with Gasteiger partial charge in [-0.2, -0.15) is 0 Å². The van der Waals surface area contributed by atoms with Gasteiger partial charge in [0.15, 0.2) is 5.96 Å². The zero-order valence-corrected chi connectivity index (χ0v) is 18.7. The summed E-state index contributed by atoms with van der Waals surface area (Å²) in [6.45, 7) is 8.18. The Morgan fingerprint density at radius 3 is 2.72 bits per heavy atom. The lowest BCUT2D eigenvalue weighted by molar-refractivity contribution is 0.687. The summed E-state index contributed by atoms with van der Waals surface area (Å²) in [4.78, 5) is 8.79. The summed E-state index contributed by atoms with van der Waals surface area (Å²) in [6, 6.07) is 8.69. The Morgan fingerprint density at radius 2 is 2.08 bits per heavy atom. The Morgan fingerprint density at radius 1 is 1.28 bits per heavy atom. The molecule has 1 unspecified atom stereocenters. The molecule has 1 aromatic carbocycles. The van der Waals surface area contributed by atoms with Crippen LogP contribution in [0.2, 0.25) is 0 Å². The van der Waals surface area contributed by atoms with Crippen molar-refractivity contribution in [1.29, 1.82) is 0 Å². The smallest absolute Gasteiger partial charge is 0.190 e. The zero-order valence-electron chi connectivity index (χ0n) is 15.5. The van der Waals surface area contributed by atoms with Crippen molar-refractivity contribution in [3.05, 3.63) is 51.5 Å². The van der Waals surface area contributed by atoms with E-state index in [9.17, 15) is 0 Å². The lowest BCUT2D eigenvalue weighted by Crippen LogP contribution is -2.39. The van der Waals surface area contributed by atoms with Crippen molar-refractivity contribution < 1.29 is 0 Å². The van der Waals surface area contributed by atoms with Crippen LogP contribution in [-0.2, 0) is 6.42 Å². The van der Waals surface area contributed by atoms with Gasteiger partial charge in [0, 0.05) is 37.6 Å². The van der Waals surface area contributed by atoms with Crippen LogP contribution in [0.4, 0.5) is 0 Å². The highest BCUT2D eigenvalue weighted by molar-refractivity contribution is 14.0. The van der Waals surface area contributed by atoms with Crippen LogP contribution in [-0.4, -0.2) is 31.1 Å². The van der Waals surface area contributed by atoms with Crippen molar-refractivity contribution >= 4 is 41.3 Å². The molecule has 2 N–H and O–H groups in total. The van der Waals surface area contributed by atoms with Crippen molar-refractivity contribution in [2.75, 3.05) is 20.1 Å². The second-order valence-electron chi connectivity index (χ2n) is 6.18. The van der Waals surface area contributed by atoms with E-state index in [1.165, 1.54) is 16.1 Å². The molecule has 1 heterocycles. The molecular weight excluding hydrogens is 443 g/mol. The summed E-state index contributed by atoms with van der Waals surface area (Å²) in [5, 5.41) is 10.1. The number of rotatable bonds is 7. The van der Waals surface area contributed by atoms with Gasteiger partial charge < -0.3 is 10.6 Å². The fourth-order valence-electron chi connectivity index (χ4n) is 2.53. The number of hydrogen-bond acceptors (Lipinski definition) is 3. The number of nitrogens with zero attached hydrogens (tertiary/aromatic N) is 2. The molecule has 1 atom stereocenters. The molecule has 138 valence electrons. The first-order valence-corrected chi connectivity index (χ1v) is 9.38. The van der Waals surface area contributed by atoms with E-state index in [2.05, 4.69) is 64.1 Å². The molecule has 0 fully saturated rings. The van der Waals surface area contributed by atoms with Crippen LogP contribution in [0, 0.1) is 13.8 Å². The predicted molar refractivity (Wildman–Crippen MR) is 120 cm³/mol. The van der Waals surface area contributed by atoms with Gasteiger partial charge >= 0.3 is 0 Å². The number of thiazole rings is 1. The SMILES string of the molecule is CN=C(NCCCc1nc(C)cs1)NCC(C)c1cccc(C)c1.I. The monoisotopic (exact) mass is 472 g/mol. The Bertz CT molecular complexity index is 669. The summed E-state index contributed by atoms with van der Waals surface area (Å²) in [5.74, 6) is 1.31. The molecule has 0 saturated heterocycles. The topological polar surface area (TPSA) is 49.3 Å². The minimum Gasteiger partial charge on any atom is -0.356 e. The van der Waals surface area contributed by atoms with E-state index >= 15 is 0 Å². The van der Waals surface area contributed by atoms with Gasteiger partial charge in [0.05, 0.1) is 5.01 Å². The van der Waals surface area contributed by atoms with Crippen LogP contribution in [0.1, 0.15) is 41.1 Å². The number of guanidine groups is 1. The van der Waals surface area contributed by atoms with Crippen molar-refractivity contribution in [2.24, 2.45) is 4.99 Å². The van der Waals surface area contributed by atoms with Crippen molar-refractivity contribution in [3.8, 4) is 0 Å². The van der Waals surface area contributed by atoms with Gasteiger partial charge in [0.25, 0.3) is 0 Å². The van der Waals surface area contributed by atoms with Gasteiger partial charge in [-0.25, -0.2) is 4.98 Å². The minimum absolute atomic E-state index is 0. The van der Waals surface area contributed by atoms with E-state index in [0.717, 1.165) is 37.6 Å². The van der Waals surface area contributed by atoms with Crippen molar-refractivity contribution in [3.63, 3.8) is 0 Å². The maximum absolute atomic E-state index is 4.49. The number of aryl methyl sites for hydroxylation is 3. The molecule has 0 amide bonds. The number of aliphatic imine (C=N–C) groups is 1. The third-order valence-corrected chi connectivity index (χ3v) is 4.96. The quantitative estimate of drug-likeness (QED) is 0.274. The Balaban J connectivity index is 0.00000312. The maximum Gasteiger partial charge on any atom is 0.190 e. The molecule has 0 saturated carbocycles. The highest BCUT2D eigenvalue weighted by atomic mass is 127. The van der Waals surface area contributed by atoms with E-state index in [0.29, 0.717) is 5.92 Å². The summed E-state index contributed by atoms with van der Waals surface area (Å²) in [5.41, 5.74) is 3.78. The number of aromatic nitrogens is 1. The normalized spacial score (nSPS) is 12.4. The Kier molecular flexibility index (Phi) is 10.0. The van der Waals surface area contributed by atoms with Crippen LogP contribution in [0.25, 0.3) is 0 Å². The maximum atomic E-state index is 4.49. The molecule has 1 aromatic heterocycles. The number of halogens is 1. The van der Waals surface area contributed by atoms with Crippen LogP contribution in [0.3, 0.4) is 0 Å². The van der Waals surface area contributed by atoms with E-state index in [-0.39, 0.29) is 24.0 Å². The largest absolute Gasteiger partial charge is 0.356 e. The van der Waals surface area contributed by atoms with Gasteiger partial charge in [-0.05, 0) is 31.7 Å². The molecule has 0 aliphatic heterocycles. The number of hydrogen-bond donors (Lipinski definition) is 2. The van der Waals surface area contributed by atoms with Gasteiger partial charge in [-0.1, -0.05) is 36.8 Å². The third kappa shape index (κ3) is 7.73. The predicted octanol–water partition coefficient (Wildman–Crippen LogP) is 4.28. The van der Waals surface area contributed by atoms with E-state index in [1.54, 1.807) is 11.3 Å². The molecule has 0 aliphatic carbocycles. The molecule has 0 radical (unpaired) electrons. The van der Waals surface area contributed by atoms with Crippen molar-refractivity contribution in [1.82, 2.24) is 15.6 Å². The molecule has 6 heteroatoms. The standard InChI is InChI=1S/C19H28N4S.HI/c1-14-7-5-8-17(11-14)15(2)12-22-19(20-4)21-10-6-9-18-23-16(3)13-24-18;/h5,7-8,11,13,15H,6,9-10,12H2,1-4H3,(H2,20,21,22);1H. The van der Waals surface area contributed by atoms with E-state index in [4.69, 9.17) is 0 Å². The highest BCUT2D eigenvalue weighted by Crippen LogP contribution is 2.15. The fourth-order valence-corrected chi connectivity index (χ4v) is 3.35. The second kappa shape index (κ2) is 11.5. The summed E-state index contributed by atoms with van der Waals surface area (Å²) in [7, 11) is 1.82. The summed E-state index contributed by atoms with van der Waals surface area (Å²) >= 11 is 1.74. The average molecular weight is 472 g/mol. The van der Waals surface area contributed by atoms with Crippen LogP contribution in [0.15, 0.2) is 34.6 Å². The first-order valence-electron chi connectivity index (χ1n) is 8.50. The molecule has 0 aliphatic rings. The van der Waals surface area contributed by atoms with E-state index < -0.39 is 0 Å². The van der Waals surface area contributed by atoms with Gasteiger partial charge in [0.2, 0.25) is 0 Å². The molecule has 25 heavy (non-hydrogen) atoms. The summed E-state index contributed by atoms with van der Waals surface area (Å²) in [6.07, 6.45) is 2.07. The lowest BCUT2D eigenvalue weighted by Gasteiger charge is -2.16. The molecule has 0 bridgehead atoms. The number of nitrogens with one attached hydrogen (secondary N) is 2. The average Bonchev–Trinajstić information content (AvgIpc) is 2.99. The molecular formula is C19H29IN4S. The molecule has 0 spiro atoms. The zero-order chi connectivity index (χ0) is 17.4. The Labute approximate surface area is 172 Å². The van der Waals surface area contributed by atoms with Crippen LogP contribution >= 0.6 is 35.3 Å². The fraction of sp³-hybridized carbons (Fsp3) is 0.474. The van der Waals surface area contributed by atoms with Crippen LogP contribution in [0.5, 0.6) is 0 Å². The van der Waals surface area contributed by atoms with Gasteiger partial charge in [-0.3, -0.25) is 4.99 Å². The number of benzene rings is 1. The Hall–Kier alpha value is -1.15. The van der Waals surface area contributed by atoms with E-state index in [1.807, 2.05) is 14.0 Å².